The molecule has 2 aromatic carbocycles. The van der Waals surface area contributed by atoms with Crippen molar-refractivity contribution < 1.29 is 14.3 Å². The highest BCUT2D eigenvalue weighted by Crippen LogP contribution is 2.26. The lowest BCUT2D eigenvalue weighted by atomic mass is 10.1. The van der Waals surface area contributed by atoms with E-state index in [0.29, 0.717) is 17.1 Å². The number of nitrogen functional groups attached to an aromatic ring is 1. The molecule has 0 atom stereocenters. The number of halogens is 2. The molecule has 2 aromatic rings. The smallest absolute Gasteiger partial charge is 0.335 e. The monoisotopic (exact) mass is 280 g/mol. The number of rotatable bonds is 3. The molecule has 0 unspecified atom stereocenters. The van der Waals surface area contributed by atoms with E-state index < -0.39 is 11.8 Å². The maximum atomic E-state index is 13.3. The fourth-order valence-electron chi connectivity index (χ4n) is 1.53. The van der Waals surface area contributed by atoms with Gasteiger partial charge in [-0.1, -0.05) is 11.6 Å². The molecule has 0 heterocycles. The molecule has 4 N–H and O–H groups in total. The van der Waals surface area contributed by atoms with Crippen LogP contribution in [-0.2, 0) is 0 Å². The number of hydrogen-bond acceptors (Lipinski definition) is 3. The molecule has 19 heavy (non-hydrogen) atoms. The molecule has 0 aliphatic heterocycles. The minimum absolute atomic E-state index is 0.0119. The molecule has 0 amide bonds. The standard InChI is InChI=1S/C13H10ClFN2O2/c14-9-3-2-8(6-10(9)15)17-12-5-7(13(18)19)1-4-11(12)16/h1-6,17H,16H2,(H,18,19). The summed E-state index contributed by atoms with van der Waals surface area (Å²) in [5.74, 6) is -1.63. The summed E-state index contributed by atoms with van der Waals surface area (Å²) in [6, 6.07) is 8.41. The van der Waals surface area contributed by atoms with Crippen LogP contribution in [0.4, 0.5) is 21.5 Å². The van der Waals surface area contributed by atoms with Gasteiger partial charge in [0.05, 0.1) is 22.0 Å². The van der Waals surface area contributed by atoms with Crippen molar-refractivity contribution in [1.82, 2.24) is 0 Å². The number of carboxylic acid groups (broad SMARTS) is 1. The lowest BCUT2D eigenvalue weighted by Crippen LogP contribution is -2.01. The minimum Gasteiger partial charge on any atom is -0.478 e. The summed E-state index contributed by atoms with van der Waals surface area (Å²) < 4.78 is 13.3. The second-order valence-electron chi connectivity index (χ2n) is 3.86. The molecule has 0 saturated carbocycles. The predicted molar refractivity (Wildman–Crippen MR) is 72.5 cm³/mol. The average molecular weight is 281 g/mol. The fraction of sp³-hybridized carbons (Fsp3) is 0. The maximum absolute atomic E-state index is 13.3. The third kappa shape index (κ3) is 2.95. The van der Waals surface area contributed by atoms with E-state index in [-0.39, 0.29) is 10.6 Å². The lowest BCUT2D eigenvalue weighted by molar-refractivity contribution is 0.0697. The van der Waals surface area contributed by atoms with Crippen LogP contribution in [0, 0.1) is 5.82 Å². The van der Waals surface area contributed by atoms with Crippen LogP contribution in [0.5, 0.6) is 0 Å². The van der Waals surface area contributed by atoms with Crippen molar-refractivity contribution in [3.05, 3.63) is 52.8 Å². The Balaban J connectivity index is 2.34. The number of nitrogens with two attached hydrogens (primary N) is 1. The van der Waals surface area contributed by atoms with Gasteiger partial charge in [0.15, 0.2) is 0 Å². The van der Waals surface area contributed by atoms with E-state index in [1.807, 2.05) is 0 Å². The van der Waals surface area contributed by atoms with Gasteiger partial charge >= 0.3 is 5.97 Å². The Morgan fingerprint density at radius 3 is 2.63 bits per heavy atom. The first kappa shape index (κ1) is 13.2. The number of aromatic carboxylic acids is 1. The average Bonchev–Trinajstić information content (AvgIpc) is 2.36. The zero-order chi connectivity index (χ0) is 14.0. The van der Waals surface area contributed by atoms with Crippen molar-refractivity contribution in [2.45, 2.75) is 0 Å². The largest absolute Gasteiger partial charge is 0.478 e. The Bertz CT molecular complexity index is 647. The topological polar surface area (TPSA) is 75.4 Å². The van der Waals surface area contributed by atoms with E-state index in [4.69, 9.17) is 22.4 Å². The van der Waals surface area contributed by atoms with E-state index in [1.165, 1.54) is 30.3 Å². The summed E-state index contributed by atoms with van der Waals surface area (Å²) in [5, 5.41) is 11.8. The van der Waals surface area contributed by atoms with Crippen molar-refractivity contribution in [3.8, 4) is 0 Å². The summed E-state index contributed by atoms with van der Waals surface area (Å²) in [5.41, 5.74) is 7.00. The number of nitrogens with one attached hydrogen (secondary N) is 1. The molecule has 6 heteroatoms. The van der Waals surface area contributed by atoms with E-state index in [1.54, 1.807) is 6.07 Å². The quantitative estimate of drug-likeness (QED) is 0.752. The Kier molecular flexibility index (Phi) is 3.57. The molecular weight excluding hydrogens is 271 g/mol. The van der Waals surface area contributed by atoms with Gasteiger partial charge in [-0.25, -0.2) is 9.18 Å². The number of anilines is 3. The van der Waals surface area contributed by atoms with Crippen LogP contribution in [0.2, 0.25) is 5.02 Å². The normalized spacial score (nSPS) is 10.2. The van der Waals surface area contributed by atoms with Crippen molar-refractivity contribution in [2.75, 3.05) is 11.1 Å². The van der Waals surface area contributed by atoms with Crippen molar-refractivity contribution in [1.29, 1.82) is 0 Å². The highest BCUT2D eigenvalue weighted by Gasteiger charge is 2.08. The van der Waals surface area contributed by atoms with Crippen LogP contribution in [-0.4, -0.2) is 11.1 Å². The van der Waals surface area contributed by atoms with Gasteiger partial charge in [-0.15, -0.1) is 0 Å². The molecule has 0 radical (unpaired) electrons. The molecule has 0 aliphatic carbocycles. The van der Waals surface area contributed by atoms with Gasteiger partial charge in [0.25, 0.3) is 0 Å². The van der Waals surface area contributed by atoms with Gasteiger partial charge in [0.1, 0.15) is 5.82 Å². The number of carboxylic acids is 1. The van der Waals surface area contributed by atoms with Crippen LogP contribution in [0.1, 0.15) is 10.4 Å². The van der Waals surface area contributed by atoms with Crippen molar-refractivity contribution in [3.63, 3.8) is 0 Å². The Morgan fingerprint density at radius 1 is 1.26 bits per heavy atom. The highest BCUT2D eigenvalue weighted by molar-refractivity contribution is 6.30. The van der Waals surface area contributed by atoms with Gasteiger partial charge in [-0.2, -0.15) is 0 Å². The van der Waals surface area contributed by atoms with Crippen molar-refractivity contribution in [2.24, 2.45) is 0 Å². The van der Waals surface area contributed by atoms with E-state index in [2.05, 4.69) is 5.32 Å². The molecule has 0 saturated heterocycles. The van der Waals surface area contributed by atoms with Crippen molar-refractivity contribution >= 4 is 34.6 Å². The minimum atomic E-state index is -1.06. The van der Waals surface area contributed by atoms with Crippen LogP contribution >= 0.6 is 11.6 Å². The van der Waals surface area contributed by atoms with Crippen LogP contribution in [0.25, 0.3) is 0 Å². The second kappa shape index (κ2) is 5.16. The Hall–Kier alpha value is -2.27. The van der Waals surface area contributed by atoms with Crippen LogP contribution in [0.3, 0.4) is 0 Å². The zero-order valence-electron chi connectivity index (χ0n) is 9.65. The van der Waals surface area contributed by atoms with Crippen LogP contribution in [0.15, 0.2) is 36.4 Å². The molecule has 0 fully saturated rings. The maximum Gasteiger partial charge on any atom is 0.335 e. The summed E-state index contributed by atoms with van der Waals surface area (Å²) in [6.45, 7) is 0. The van der Waals surface area contributed by atoms with Gasteiger partial charge in [-0.05, 0) is 36.4 Å². The lowest BCUT2D eigenvalue weighted by Gasteiger charge is -2.10. The summed E-state index contributed by atoms with van der Waals surface area (Å²) in [6.07, 6.45) is 0. The zero-order valence-corrected chi connectivity index (χ0v) is 10.4. The second-order valence-corrected chi connectivity index (χ2v) is 4.27. The van der Waals surface area contributed by atoms with Gasteiger partial charge in [-0.3, -0.25) is 0 Å². The van der Waals surface area contributed by atoms with Gasteiger partial charge in [0, 0.05) is 5.69 Å². The van der Waals surface area contributed by atoms with Gasteiger partial charge < -0.3 is 16.2 Å². The molecule has 98 valence electrons. The Labute approximate surface area is 113 Å². The molecule has 0 aromatic heterocycles. The number of benzene rings is 2. The molecule has 4 nitrogen and oxygen atoms in total. The van der Waals surface area contributed by atoms with E-state index >= 15 is 0 Å². The van der Waals surface area contributed by atoms with Gasteiger partial charge in [0.2, 0.25) is 0 Å². The third-order valence-corrected chi connectivity index (χ3v) is 2.81. The number of hydrogen-bond donors (Lipinski definition) is 3. The first-order chi connectivity index (χ1) is 8.97. The molecule has 2 rings (SSSR count). The molecular formula is C13H10ClFN2O2. The molecule has 0 spiro atoms. The molecule has 0 aliphatic rings. The third-order valence-electron chi connectivity index (χ3n) is 2.50. The molecule has 0 bridgehead atoms. The first-order valence-corrected chi connectivity index (χ1v) is 5.70. The van der Waals surface area contributed by atoms with E-state index in [0.717, 1.165) is 0 Å². The van der Waals surface area contributed by atoms with Crippen LogP contribution < -0.4 is 11.1 Å². The Morgan fingerprint density at radius 2 is 2.00 bits per heavy atom. The predicted octanol–water partition coefficient (Wildman–Crippen LogP) is 3.50. The highest BCUT2D eigenvalue weighted by atomic mass is 35.5. The SMILES string of the molecule is Nc1ccc(C(=O)O)cc1Nc1ccc(Cl)c(F)c1. The fourth-order valence-corrected chi connectivity index (χ4v) is 1.64. The first-order valence-electron chi connectivity index (χ1n) is 5.32. The summed E-state index contributed by atoms with van der Waals surface area (Å²) >= 11 is 5.58. The number of carbonyl (C=O) groups is 1. The summed E-state index contributed by atoms with van der Waals surface area (Å²) in [7, 11) is 0. The van der Waals surface area contributed by atoms with E-state index in [9.17, 15) is 9.18 Å². The summed E-state index contributed by atoms with van der Waals surface area (Å²) in [4.78, 5) is 10.9.